The highest BCUT2D eigenvalue weighted by Gasteiger charge is 2.32. The number of unbranched alkanes of at least 4 members (excludes halogenated alkanes) is 2. The highest BCUT2D eigenvalue weighted by Crippen LogP contribution is 2.44. The molecule has 0 heterocycles. The molecule has 2 aliphatic carbocycles. The lowest BCUT2D eigenvalue weighted by Gasteiger charge is -2.37. The predicted molar refractivity (Wildman–Crippen MR) is 112 cm³/mol. The molecule has 0 atom stereocenters. The SMILES string of the molecule is C=CCCCCOc1ccc(C2CCC(C3CCC(C)CC3)CC2)c(F)c1F. The topological polar surface area (TPSA) is 9.23 Å². The van der Waals surface area contributed by atoms with Gasteiger partial charge in [0.25, 0.3) is 0 Å². The van der Waals surface area contributed by atoms with E-state index in [4.69, 9.17) is 4.74 Å². The lowest BCUT2D eigenvalue weighted by atomic mass is 9.68. The van der Waals surface area contributed by atoms with Gasteiger partial charge in [-0.3, -0.25) is 0 Å². The first kappa shape index (κ1) is 21.3. The van der Waals surface area contributed by atoms with E-state index in [-0.39, 0.29) is 11.7 Å². The van der Waals surface area contributed by atoms with E-state index in [1.165, 1.54) is 25.7 Å². The number of allylic oxidation sites excluding steroid dienone is 1. The van der Waals surface area contributed by atoms with Gasteiger partial charge < -0.3 is 4.74 Å². The summed E-state index contributed by atoms with van der Waals surface area (Å²) in [5.41, 5.74) is 0.548. The lowest BCUT2D eigenvalue weighted by Crippen LogP contribution is -2.25. The minimum Gasteiger partial charge on any atom is -0.490 e. The van der Waals surface area contributed by atoms with Crippen molar-refractivity contribution in [3.05, 3.63) is 42.0 Å². The first-order chi connectivity index (χ1) is 13.6. The van der Waals surface area contributed by atoms with Gasteiger partial charge in [0, 0.05) is 0 Å². The van der Waals surface area contributed by atoms with E-state index >= 15 is 0 Å². The standard InChI is InChI=1S/C25H36F2O/c1-3-4-5-6-17-28-23-16-15-22(24(26)25(23)27)21-13-11-20(12-14-21)19-9-7-18(2)8-10-19/h3,15-16,18-21H,1,4-14,17H2,2H3. The van der Waals surface area contributed by atoms with Crippen molar-refractivity contribution < 1.29 is 13.5 Å². The molecule has 0 saturated heterocycles. The Morgan fingerprint density at radius 2 is 1.57 bits per heavy atom. The van der Waals surface area contributed by atoms with Crippen LogP contribution in [0.3, 0.4) is 0 Å². The van der Waals surface area contributed by atoms with E-state index in [1.54, 1.807) is 12.1 Å². The Balaban J connectivity index is 1.53. The Labute approximate surface area is 169 Å². The zero-order chi connectivity index (χ0) is 19.9. The summed E-state index contributed by atoms with van der Waals surface area (Å²) in [7, 11) is 0. The number of hydrogen-bond donors (Lipinski definition) is 0. The van der Waals surface area contributed by atoms with Crippen LogP contribution in [0.1, 0.15) is 89.0 Å². The van der Waals surface area contributed by atoms with Crippen molar-refractivity contribution in [3.63, 3.8) is 0 Å². The van der Waals surface area contributed by atoms with Gasteiger partial charge >= 0.3 is 0 Å². The third kappa shape index (κ3) is 5.36. The van der Waals surface area contributed by atoms with Crippen LogP contribution in [0.4, 0.5) is 8.78 Å². The summed E-state index contributed by atoms with van der Waals surface area (Å²) >= 11 is 0. The summed E-state index contributed by atoms with van der Waals surface area (Å²) in [4.78, 5) is 0. The van der Waals surface area contributed by atoms with Gasteiger partial charge in [0.2, 0.25) is 5.82 Å². The molecule has 1 aromatic carbocycles. The largest absolute Gasteiger partial charge is 0.490 e. The summed E-state index contributed by atoms with van der Waals surface area (Å²) in [5, 5.41) is 0. The van der Waals surface area contributed by atoms with Crippen molar-refractivity contribution in [1.29, 1.82) is 0 Å². The average molecular weight is 391 g/mol. The Morgan fingerprint density at radius 3 is 2.21 bits per heavy atom. The van der Waals surface area contributed by atoms with Crippen LogP contribution in [-0.2, 0) is 0 Å². The molecule has 2 aliphatic rings. The number of hydrogen-bond acceptors (Lipinski definition) is 1. The van der Waals surface area contributed by atoms with Crippen LogP contribution in [-0.4, -0.2) is 6.61 Å². The van der Waals surface area contributed by atoms with Crippen LogP contribution in [0.15, 0.2) is 24.8 Å². The zero-order valence-electron chi connectivity index (χ0n) is 17.4. The molecule has 3 heteroatoms. The van der Waals surface area contributed by atoms with Gasteiger partial charge in [-0.1, -0.05) is 31.9 Å². The number of benzene rings is 1. The maximum Gasteiger partial charge on any atom is 0.200 e. The van der Waals surface area contributed by atoms with Gasteiger partial charge in [-0.15, -0.1) is 6.58 Å². The Bertz CT molecular complexity index is 626. The van der Waals surface area contributed by atoms with E-state index in [0.717, 1.165) is 62.7 Å². The molecule has 2 saturated carbocycles. The molecule has 28 heavy (non-hydrogen) atoms. The highest BCUT2D eigenvalue weighted by molar-refractivity contribution is 5.33. The van der Waals surface area contributed by atoms with Crippen molar-refractivity contribution in [2.45, 2.75) is 83.5 Å². The van der Waals surface area contributed by atoms with Crippen molar-refractivity contribution in [1.82, 2.24) is 0 Å². The predicted octanol–water partition coefficient (Wildman–Crippen LogP) is 7.80. The summed E-state index contributed by atoms with van der Waals surface area (Å²) in [6.07, 6.45) is 14.3. The van der Waals surface area contributed by atoms with Gasteiger partial charge in [0.1, 0.15) is 0 Å². The van der Waals surface area contributed by atoms with E-state index in [1.807, 2.05) is 6.08 Å². The zero-order valence-corrected chi connectivity index (χ0v) is 17.4. The second-order valence-electron chi connectivity index (χ2n) is 9.05. The average Bonchev–Trinajstić information content (AvgIpc) is 2.72. The van der Waals surface area contributed by atoms with Crippen LogP contribution in [0, 0.1) is 29.4 Å². The first-order valence-corrected chi connectivity index (χ1v) is 11.3. The molecule has 0 N–H and O–H groups in total. The monoisotopic (exact) mass is 390 g/mol. The fourth-order valence-corrected chi connectivity index (χ4v) is 5.21. The maximum absolute atomic E-state index is 14.7. The number of ether oxygens (including phenoxy) is 1. The molecule has 0 aromatic heterocycles. The summed E-state index contributed by atoms with van der Waals surface area (Å²) in [5.74, 6) is 1.21. The first-order valence-electron chi connectivity index (χ1n) is 11.3. The Hall–Kier alpha value is -1.38. The van der Waals surface area contributed by atoms with E-state index in [2.05, 4.69) is 13.5 Å². The second-order valence-corrected chi connectivity index (χ2v) is 9.05. The van der Waals surface area contributed by atoms with Crippen LogP contribution in [0.2, 0.25) is 0 Å². The Morgan fingerprint density at radius 1 is 0.929 bits per heavy atom. The fraction of sp³-hybridized carbons (Fsp3) is 0.680. The molecular weight excluding hydrogens is 354 g/mol. The lowest BCUT2D eigenvalue weighted by molar-refractivity contribution is 0.164. The molecule has 2 fully saturated rings. The molecule has 0 spiro atoms. The second kappa shape index (κ2) is 10.4. The van der Waals surface area contributed by atoms with Gasteiger partial charge in [-0.25, -0.2) is 4.39 Å². The van der Waals surface area contributed by atoms with Crippen LogP contribution >= 0.6 is 0 Å². The van der Waals surface area contributed by atoms with Crippen LogP contribution in [0.5, 0.6) is 5.75 Å². The minimum absolute atomic E-state index is 0.0462. The summed E-state index contributed by atoms with van der Waals surface area (Å²) in [6.45, 7) is 6.45. The quantitative estimate of drug-likeness (QED) is 0.325. The highest BCUT2D eigenvalue weighted by atomic mass is 19.2. The summed E-state index contributed by atoms with van der Waals surface area (Å²) in [6, 6.07) is 3.38. The third-order valence-electron chi connectivity index (χ3n) is 7.08. The molecule has 1 aromatic rings. The van der Waals surface area contributed by atoms with E-state index < -0.39 is 11.6 Å². The third-order valence-corrected chi connectivity index (χ3v) is 7.08. The van der Waals surface area contributed by atoms with Crippen molar-refractivity contribution >= 4 is 0 Å². The van der Waals surface area contributed by atoms with Crippen molar-refractivity contribution in [2.75, 3.05) is 6.61 Å². The summed E-state index contributed by atoms with van der Waals surface area (Å²) < 4.78 is 34.6. The van der Waals surface area contributed by atoms with Crippen molar-refractivity contribution in [2.24, 2.45) is 17.8 Å². The molecule has 156 valence electrons. The van der Waals surface area contributed by atoms with Crippen molar-refractivity contribution in [3.8, 4) is 5.75 Å². The van der Waals surface area contributed by atoms with E-state index in [9.17, 15) is 8.78 Å². The fourth-order valence-electron chi connectivity index (χ4n) is 5.21. The van der Waals surface area contributed by atoms with Gasteiger partial charge in [-0.2, -0.15) is 4.39 Å². The smallest absolute Gasteiger partial charge is 0.200 e. The van der Waals surface area contributed by atoms with Crippen LogP contribution in [0.25, 0.3) is 0 Å². The molecule has 1 nitrogen and oxygen atoms in total. The minimum atomic E-state index is -0.815. The van der Waals surface area contributed by atoms with Gasteiger partial charge in [0.15, 0.2) is 11.6 Å². The molecule has 0 bridgehead atoms. The number of rotatable bonds is 8. The normalized spacial score (nSPS) is 28.1. The Kier molecular flexibility index (Phi) is 7.93. The molecule has 0 unspecified atom stereocenters. The molecule has 3 rings (SSSR count). The van der Waals surface area contributed by atoms with E-state index in [0.29, 0.717) is 12.2 Å². The maximum atomic E-state index is 14.7. The molecule has 0 amide bonds. The molecule has 0 radical (unpaired) electrons. The molecular formula is C25H36F2O. The van der Waals surface area contributed by atoms with Gasteiger partial charge in [0.05, 0.1) is 6.61 Å². The van der Waals surface area contributed by atoms with Crippen LogP contribution < -0.4 is 4.74 Å². The number of halogens is 2. The van der Waals surface area contributed by atoms with Gasteiger partial charge in [-0.05, 0) is 93.1 Å². The molecule has 0 aliphatic heterocycles.